The van der Waals surface area contributed by atoms with Crippen LogP contribution >= 0.6 is 0 Å². The van der Waals surface area contributed by atoms with Crippen molar-refractivity contribution in [3.05, 3.63) is 0 Å². The van der Waals surface area contributed by atoms with Gasteiger partial charge in [-0.25, -0.2) is 0 Å². The summed E-state index contributed by atoms with van der Waals surface area (Å²) in [6.45, 7) is 3.88. The summed E-state index contributed by atoms with van der Waals surface area (Å²) in [5.41, 5.74) is -0.185. The van der Waals surface area contributed by atoms with Crippen molar-refractivity contribution >= 4 is 5.97 Å². The summed E-state index contributed by atoms with van der Waals surface area (Å²) in [6, 6.07) is 0.499. The Morgan fingerprint density at radius 2 is 2.06 bits per heavy atom. The zero-order chi connectivity index (χ0) is 12.3. The van der Waals surface area contributed by atoms with Gasteiger partial charge in [-0.15, -0.1) is 0 Å². The minimum absolute atomic E-state index is 0.185. The van der Waals surface area contributed by atoms with Gasteiger partial charge in [-0.2, -0.15) is 0 Å². The highest BCUT2D eigenvalue weighted by Crippen LogP contribution is 2.27. The van der Waals surface area contributed by atoms with Gasteiger partial charge >= 0.3 is 5.97 Å². The first-order valence-electron chi connectivity index (χ1n) is 6.81. The van der Waals surface area contributed by atoms with Crippen LogP contribution in [0.4, 0.5) is 0 Å². The molecule has 98 valence electrons. The first-order chi connectivity index (χ1) is 8.11. The summed E-state index contributed by atoms with van der Waals surface area (Å²) in [7, 11) is 0. The van der Waals surface area contributed by atoms with E-state index in [1.165, 1.54) is 32.1 Å². The Morgan fingerprint density at radius 1 is 1.35 bits per heavy atom. The van der Waals surface area contributed by atoms with Gasteiger partial charge in [0.05, 0.1) is 12.0 Å². The van der Waals surface area contributed by atoms with Crippen molar-refractivity contribution in [2.75, 3.05) is 13.1 Å². The summed E-state index contributed by atoms with van der Waals surface area (Å²) >= 11 is 0. The molecule has 4 nitrogen and oxygen atoms in total. The minimum Gasteiger partial charge on any atom is -0.481 e. The van der Waals surface area contributed by atoms with Gasteiger partial charge in [-0.05, 0) is 18.8 Å². The molecule has 0 spiro atoms. The fourth-order valence-electron chi connectivity index (χ4n) is 3.10. The fraction of sp³-hybridized carbons (Fsp3) is 0.923. The molecule has 2 unspecified atom stereocenters. The highest BCUT2D eigenvalue weighted by atomic mass is 16.4. The Hall–Kier alpha value is -0.610. The number of carboxylic acid groups (broad SMARTS) is 1. The van der Waals surface area contributed by atoms with Crippen LogP contribution in [0.2, 0.25) is 0 Å². The van der Waals surface area contributed by atoms with Gasteiger partial charge in [-0.3, -0.25) is 4.79 Å². The lowest BCUT2D eigenvalue weighted by atomic mass is 9.85. The molecule has 17 heavy (non-hydrogen) atoms. The lowest BCUT2D eigenvalue weighted by Crippen LogP contribution is -2.70. The second-order valence-electron chi connectivity index (χ2n) is 5.82. The van der Waals surface area contributed by atoms with E-state index in [-0.39, 0.29) is 12.0 Å². The average Bonchev–Trinajstić information content (AvgIpc) is 2.40. The Bertz CT molecular complexity index is 277. The number of hydrogen-bond donors (Lipinski definition) is 3. The van der Waals surface area contributed by atoms with Crippen molar-refractivity contribution in [3.63, 3.8) is 0 Å². The molecule has 0 bridgehead atoms. The zero-order valence-electron chi connectivity index (χ0n) is 10.7. The standard InChI is InChI=1S/C13H24N2O2/c1-10-5-3-2-4-6-11(10)15-13(7-12(16)17)8-14-9-13/h10-11,14-15H,2-9H2,1H3,(H,16,17). The van der Waals surface area contributed by atoms with E-state index in [0.717, 1.165) is 13.1 Å². The van der Waals surface area contributed by atoms with E-state index >= 15 is 0 Å². The minimum atomic E-state index is -0.694. The molecule has 0 radical (unpaired) electrons. The van der Waals surface area contributed by atoms with E-state index in [2.05, 4.69) is 17.6 Å². The lowest BCUT2D eigenvalue weighted by Gasteiger charge is -2.46. The number of carboxylic acids is 1. The first kappa shape index (κ1) is 12.8. The lowest BCUT2D eigenvalue weighted by molar-refractivity contribution is -0.139. The average molecular weight is 240 g/mol. The van der Waals surface area contributed by atoms with Crippen molar-refractivity contribution in [1.29, 1.82) is 0 Å². The summed E-state index contributed by atoms with van der Waals surface area (Å²) in [6.07, 6.45) is 6.63. The predicted octanol–water partition coefficient (Wildman–Crippen LogP) is 1.36. The van der Waals surface area contributed by atoms with Gasteiger partial charge in [0.15, 0.2) is 0 Å². The van der Waals surface area contributed by atoms with Gasteiger partial charge in [0.25, 0.3) is 0 Å². The van der Waals surface area contributed by atoms with E-state index in [1.54, 1.807) is 0 Å². The molecule has 2 atom stereocenters. The number of rotatable bonds is 4. The third-order valence-corrected chi connectivity index (χ3v) is 4.27. The maximum Gasteiger partial charge on any atom is 0.305 e. The largest absolute Gasteiger partial charge is 0.481 e. The van der Waals surface area contributed by atoms with E-state index in [0.29, 0.717) is 12.0 Å². The van der Waals surface area contributed by atoms with Crippen molar-refractivity contribution < 1.29 is 9.90 Å². The Morgan fingerprint density at radius 3 is 2.65 bits per heavy atom. The quantitative estimate of drug-likeness (QED) is 0.649. The summed E-state index contributed by atoms with van der Waals surface area (Å²) in [5, 5.41) is 15.8. The molecule has 2 aliphatic rings. The van der Waals surface area contributed by atoms with Crippen LogP contribution in [0.1, 0.15) is 45.4 Å². The molecule has 1 aliphatic heterocycles. The van der Waals surface area contributed by atoms with E-state index in [1.807, 2.05) is 0 Å². The summed E-state index contributed by atoms with van der Waals surface area (Å²) in [4.78, 5) is 10.9. The monoisotopic (exact) mass is 240 g/mol. The third kappa shape index (κ3) is 3.19. The van der Waals surface area contributed by atoms with Gasteiger partial charge in [-0.1, -0.05) is 26.2 Å². The van der Waals surface area contributed by atoms with E-state index < -0.39 is 5.97 Å². The van der Waals surface area contributed by atoms with Crippen molar-refractivity contribution in [2.45, 2.75) is 57.0 Å². The van der Waals surface area contributed by atoms with Crippen LogP contribution in [0.25, 0.3) is 0 Å². The van der Waals surface area contributed by atoms with Crippen molar-refractivity contribution in [2.24, 2.45) is 5.92 Å². The molecule has 0 aromatic carbocycles. The predicted molar refractivity (Wildman–Crippen MR) is 67.0 cm³/mol. The molecule has 4 heteroatoms. The van der Waals surface area contributed by atoms with Crippen molar-refractivity contribution in [1.82, 2.24) is 10.6 Å². The third-order valence-electron chi connectivity index (χ3n) is 4.27. The maximum atomic E-state index is 10.9. The van der Waals surface area contributed by atoms with E-state index in [9.17, 15) is 4.79 Å². The van der Waals surface area contributed by atoms with Crippen LogP contribution in [0.3, 0.4) is 0 Å². The molecule has 2 rings (SSSR count). The van der Waals surface area contributed by atoms with Gasteiger partial charge < -0.3 is 15.7 Å². The second kappa shape index (κ2) is 5.36. The number of nitrogens with one attached hydrogen (secondary N) is 2. The van der Waals surface area contributed by atoms with Crippen LogP contribution in [0, 0.1) is 5.92 Å². The van der Waals surface area contributed by atoms with E-state index in [4.69, 9.17) is 5.11 Å². The maximum absolute atomic E-state index is 10.9. The number of hydrogen-bond acceptors (Lipinski definition) is 3. The Labute approximate surface area is 103 Å². The second-order valence-corrected chi connectivity index (χ2v) is 5.82. The van der Waals surface area contributed by atoms with Gasteiger partial charge in [0.1, 0.15) is 0 Å². The molecule has 1 heterocycles. The highest BCUT2D eigenvalue weighted by molar-refractivity contribution is 5.68. The van der Waals surface area contributed by atoms with Crippen LogP contribution in [0.5, 0.6) is 0 Å². The molecule has 2 fully saturated rings. The molecule has 1 aliphatic carbocycles. The molecule has 3 N–H and O–H groups in total. The highest BCUT2D eigenvalue weighted by Gasteiger charge is 2.41. The normalized spacial score (nSPS) is 32.5. The number of carbonyl (C=O) groups is 1. The zero-order valence-corrected chi connectivity index (χ0v) is 10.7. The van der Waals surface area contributed by atoms with Crippen LogP contribution < -0.4 is 10.6 Å². The molecule has 0 aromatic heterocycles. The SMILES string of the molecule is CC1CCCCCC1NC1(CC(=O)O)CNC1. The van der Waals surface area contributed by atoms with Gasteiger partial charge in [0.2, 0.25) is 0 Å². The van der Waals surface area contributed by atoms with Crippen LogP contribution in [0.15, 0.2) is 0 Å². The van der Waals surface area contributed by atoms with Crippen LogP contribution in [-0.4, -0.2) is 35.7 Å². The first-order valence-corrected chi connectivity index (χ1v) is 6.81. The Balaban J connectivity index is 1.94. The molecular formula is C13H24N2O2. The molecule has 1 saturated heterocycles. The fourth-order valence-corrected chi connectivity index (χ4v) is 3.10. The molecule has 0 amide bonds. The molecule has 0 aromatic rings. The van der Waals surface area contributed by atoms with Crippen LogP contribution in [-0.2, 0) is 4.79 Å². The van der Waals surface area contributed by atoms with Crippen molar-refractivity contribution in [3.8, 4) is 0 Å². The topological polar surface area (TPSA) is 61.4 Å². The molecule has 1 saturated carbocycles. The summed E-state index contributed by atoms with van der Waals surface area (Å²) < 4.78 is 0. The summed E-state index contributed by atoms with van der Waals surface area (Å²) in [5.74, 6) is -0.0240. The smallest absolute Gasteiger partial charge is 0.305 e. The molecular weight excluding hydrogens is 216 g/mol. The Kier molecular flexibility index (Phi) is 4.05. The number of aliphatic carboxylic acids is 1. The van der Waals surface area contributed by atoms with Gasteiger partial charge in [0, 0.05) is 19.1 Å².